The van der Waals surface area contributed by atoms with Gasteiger partial charge in [-0.05, 0) is 17.7 Å². The third-order valence-corrected chi connectivity index (χ3v) is 3.88. The zero-order valence-electron chi connectivity index (χ0n) is 10.7. The fraction of sp³-hybridized carbons (Fsp3) is 0.385. The standard InChI is InChI=1S/C13H17N3O2S/c1-14-12(17)10-4-2-9(3-5-10)6-15-13(18)11-7-19-8-16-11/h2-5,11,16H,6-8H2,1H3,(H,14,17)(H,15,18). The maximum Gasteiger partial charge on any atom is 0.251 e. The molecule has 1 aromatic carbocycles. The summed E-state index contributed by atoms with van der Waals surface area (Å²) in [5.74, 6) is 1.57. The maximum absolute atomic E-state index is 11.8. The van der Waals surface area contributed by atoms with E-state index in [4.69, 9.17) is 0 Å². The fourth-order valence-corrected chi connectivity index (χ4v) is 2.74. The number of hydrogen-bond donors (Lipinski definition) is 3. The van der Waals surface area contributed by atoms with Crippen LogP contribution in [-0.4, -0.2) is 36.5 Å². The number of nitrogens with one attached hydrogen (secondary N) is 3. The molecule has 1 saturated heterocycles. The number of rotatable bonds is 4. The Hall–Kier alpha value is -1.53. The molecule has 1 aliphatic heterocycles. The largest absolute Gasteiger partial charge is 0.355 e. The summed E-state index contributed by atoms with van der Waals surface area (Å²) in [7, 11) is 1.60. The van der Waals surface area contributed by atoms with Crippen LogP contribution in [0.4, 0.5) is 0 Å². The molecule has 0 aliphatic carbocycles. The summed E-state index contributed by atoms with van der Waals surface area (Å²) in [5.41, 5.74) is 1.60. The molecule has 1 unspecified atom stereocenters. The number of amides is 2. The number of hydrogen-bond acceptors (Lipinski definition) is 4. The molecule has 2 amide bonds. The van der Waals surface area contributed by atoms with Crippen molar-refractivity contribution in [1.82, 2.24) is 16.0 Å². The molecule has 0 spiro atoms. The topological polar surface area (TPSA) is 70.2 Å². The molecule has 1 aromatic rings. The van der Waals surface area contributed by atoms with Crippen LogP contribution in [0.25, 0.3) is 0 Å². The fourth-order valence-electron chi connectivity index (χ4n) is 1.79. The van der Waals surface area contributed by atoms with Gasteiger partial charge < -0.3 is 10.6 Å². The second-order valence-electron chi connectivity index (χ2n) is 4.27. The molecule has 0 radical (unpaired) electrons. The predicted octanol–water partition coefficient (Wildman–Crippen LogP) is 0.325. The van der Waals surface area contributed by atoms with Gasteiger partial charge >= 0.3 is 0 Å². The lowest BCUT2D eigenvalue weighted by atomic mass is 10.1. The highest BCUT2D eigenvalue weighted by Gasteiger charge is 2.21. The van der Waals surface area contributed by atoms with E-state index in [1.807, 2.05) is 12.1 Å². The van der Waals surface area contributed by atoms with Crippen molar-refractivity contribution in [3.63, 3.8) is 0 Å². The van der Waals surface area contributed by atoms with E-state index in [2.05, 4.69) is 16.0 Å². The average Bonchev–Trinajstić information content (AvgIpc) is 2.98. The monoisotopic (exact) mass is 279 g/mol. The molecule has 1 atom stereocenters. The van der Waals surface area contributed by atoms with Crippen molar-refractivity contribution in [1.29, 1.82) is 0 Å². The first-order valence-electron chi connectivity index (χ1n) is 6.10. The van der Waals surface area contributed by atoms with Crippen LogP contribution in [0.2, 0.25) is 0 Å². The Morgan fingerprint density at radius 1 is 1.37 bits per heavy atom. The van der Waals surface area contributed by atoms with Gasteiger partial charge in [-0.2, -0.15) is 0 Å². The summed E-state index contributed by atoms with van der Waals surface area (Å²) in [6.07, 6.45) is 0. The molecule has 102 valence electrons. The van der Waals surface area contributed by atoms with Crippen molar-refractivity contribution < 1.29 is 9.59 Å². The summed E-state index contributed by atoms with van der Waals surface area (Å²) >= 11 is 1.72. The quantitative estimate of drug-likeness (QED) is 0.742. The van der Waals surface area contributed by atoms with E-state index in [1.165, 1.54) is 0 Å². The van der Waals surface area contributed by atoms with Crippen molar-refractivity contribution in [2.75, 3.05) is 18.7 Å². The lowest BCUT2D eigenvalue weighted by Crippen LogP contribution is -2.41. The van der Waals surface area contributed by atoms with E-state index in [1.54, 1.807) is 30.9 Å². The Kier molecular flexibility index (Phi) is 4.81. The molecule has 3 N–H and O–H groups in total. The Bertz CT molecular complexity index is 455. The second-order valence-corrected chi connectivity index (χ2v) is 5.30. The number of benzene rings is 1. The normalized spacial score (nSPS) is 18.1. The molecule has 0 bridgehead atoms. The number of thioether (sulfide) groups is 1. The Morgan fingerprint density at radius 2 is 2.11 bits per heavy atom. The van der Waals surface area contributed by atoms with Crippen molar-refractivity contribution in [2.24, 2.45) is 0 Å². The molecule has 0 aromatic heterocycles. The summed E-state index contributed by atoms with van der Waals surface area (Å²) in [6, 6.07) is 7.12. The molecule has 2 rings (SSSR count). The first kappa shape index (κ1) is 13.9. The van der Waals surface area contributed by atoms with Gasteiger partial charge in [0, 0.05) is 30.8 Å². The summed E-state index contributed by atoms with van der Waals surface area (Å²) in [5, 5.41) is 8.58. The van der Waals surface area contributed by atoms with Crippen LogP contribution in [-0.2, 0) is 11.3 Å². The van der Waals surface area contributed by atoms with Gasteiger partial charge in [0.15, 0.2) is 0 Å². The highest BCUT2D eigenvalue weighted by molar-refractivity contribution is 7.99. The Labute approximate surface area is 116 Å². The van der Waals surface area contributed by atoms with Crippen LogP contribution in [0.1, 0.15) is 15.9 Å². The van der Waals surface area contributed by atoms with Gasteiger partial charge in [0.2, 0.25) is 5.91 Å². The van der Waals surface area contributed by atoms with Crippen LogP contribution in [0.15, 0.2) is 24.3 Å². The third kappa shape index (κ3) is 3.71. The van der Waals surface area contributed by atoms with Gasteiger partial charge in [-0.15, -0.1) is 11.8 Å². The molecule has 5 nitrogen and oxygen atoms in total. The average molecular weight is 279 g/mol. The van der Waals surface area contributed by atoms with Crippen LogP contribution in [0.5, 0.6) is 0 Å². The predicted molar refractivity (Wildman–Crippen MR) is 75.9 cm³/mol. The zero-order chi connectivity index (χ0) is 13.7. The van der Waals surface area contributed by atoms with E-state index in [0.717, 1.165) is 17.2 Å². The summed E-state index contributed by atoms with van der Waals surface area (Å²) in [4.78, 5) is 23.2. The number of carbonyl (C=O) groups is 2. The highest BCUT2D eigenvalue weighted by atomic mass is 32.2. The summed E-state index contributed by atoms with van der Waals surface area (Å²) in [6.45, 7) is 0.482. The third-order valence-electron chi connectivity index (χ3n) is 2.94. The molecule has 0 saturated carbocycles. The van der Waals surface area contributed by atoms with Crippen LogP contribution in [0, 0.1) is 0 Å². The van der Waals surface area contributed by atoms with Gasteiger partial charge in [-0.1, -0.05) is 12.1 Å². The van der Waals surface area contributed by atoms with E-state index in [-0.39, 0.29) is 17.9 Å². The maximum atomic E-state index is 11.8. The molecular formula is C13H17N3O2S. The number of carbonyl (C=O) groups excluding carboxylic acids is 2. The molecule has 6 heteroatoms. The van der Waals surface area contributed by atoms with Crippen LogP contribution >= 0.6 is 11.8 Å². The molecule has 1 heterocycles. The minimum absolute atomic E-state index is 0.0281. The molecule has 1 aliphatic rings. The summed E-state index contributed by atoms with van der Waals surface area (Å²) < 4.78 is 0. The van der Waals surface area contributed by atoms with Crippen molar-refractivity contribution in [3.05, 3.63) is 35.4 Å². The molecular weight excluding hydrogens is 262 g/mol. The van der Waals surface area contributed by atoms with Crippen LogP contribution in [0.3, 0.4) is 0 Å². The van der Waals surface area contributed by atoms with Gasteiger partial charge in [0.25, 0.3) is 5.91 Å². The first-order valence-corrected chi connectivity index (χ1v) is 7.26. The SMILES string of the molecule is CNC(=O)c1ccc(CNC(=O)C2CSCN2)cc1. The first-order chi connectivity index (χ1) is 9.20. The highest BCUT2D eigenvalue weighted by Crippen LogP contribution is 2.10. The van der Waals surface area contributed by atoms with E-state index >= 15 is 0 Å². The smallest absolute Gasteiger partial charge is 0.251 e. The van der Waals surface area contributed by atoms with Gasteiger partial charge in [-0.3, -0.25) is 14.9 Å². The second kappa shape index (κ2) is 6.58. The van der Waals surface area contributed by atoms with Crippen molar-refractivity contribution in [2.45, 2.75) is 12.6 Å². The van der Waals surface area contributed by atoms with Gasteiger partial charge in [-0.25, -0.2) is 0 Å². The van der Waals surface area contributed by atoms with Crippen LogP contribution < -0.4 is 16.0 Å². The van der Waals surface area contributed by atoms with E-state index in [0.29, 0.717) is 12.1 Å². The van der Waals surface area contributed by atoms with Crippen molar-refractivity contribution >= 4 is 23.6 Å². The van der Waals surface area contributed by atoms with E-state index < -0.39 is 0 Å². The lowest BCUT2D eigenvalue weighted by Gasteiger charge is -2.10. The van der Waals surface area contributed by atoms with Gasteiger partial charge in [0.1, 0.15) is 0 Å². The Balaban J connectivity index is 1.85. The molecule has 1 fully saturated rings. The minimum Gasteiger partial charge on any atom is -0.355 e. The van der Waals surface area contributed by atoms with E-state index in [9.17, 15) is 9.59 Å². The molecule has 19 heavy (non-hydrogen) atoms. The minimum atomic E-state index is -0.109. The Morgan fingerprint density at radius 3 is 2.68 bits per heavy atom. The van der Waals surface area contributed by atoms with Crippen molar-refractivity contribution in [3.8, 4) is 0 Å². The lowest BCUT2D eigenvalue weighted by molar-refractivity contribution is -0.122. The zero-order valence-corrected chi connectivity index (χ0v) is 11.5. The van der Waals surface area contributed by atoms with Gasteiger partial charge in [0.05, 0.1) is 6.04 Å².